The summed E-state index contributed by atoms with van der Waals surface area (Å²) in [7, 11) is -0.920. The fourth-order valence-corrected chi connectivity index (χ4v) is 1.80. The van der Waals surface area contributed by atoms with Crippen LogP contribution in [0.2, 0.25) is 0 Å². The van der Waals surface area contributed by atoms with E-state index in [9.17, 15) is 9.36 Å². The average molecular weight is 245 g/mol. The van der Waals surface area contributed by atoms with Crippen LogP contribution in [0.1, 0.15) is 15.9 Å². The predicted molar refractivity (Wildman–Crippen MR) is 65.9 cm³/mol. The van der Waals surface area contributed by atoms with Gasteiger partial charge in [0.1, 0.15) is 0 Å². The summed E-state index contributed by atoms with van der Waals surface area (Å²) in [5.41, 5.74) is 1.000. The lowest BCUT2D eigenvalue weighted by Gasteiger charge is -2.02. The van der Waals surface area contributed by atoms with Gasteiger partial charge in [0.25, 0.3) is 0 Å². The number of carbonyl (C=O) groups is 1. The first kappa shape index (κ1) is 11.5. The molecule has 84 valence electrons. The lowest BCUT2D eigenvalue weighted by Crippen LogP contribution is -2.02. The van der Waals surface area contributed by atoms with Gasteiger partial charge in [0, 0.05) is 5.56 Å². The molecule has 1 atom stereocenters. The van der Waals surface area contributed by atoms with Gasteiger partial charge in [-0.15, -0.1) is 0 Å². The summed E-state index contributed by atoms with van der Waals surface area (Å²) in [6.07, 6.45) is 0. The monoisotopic (exact) mass is 245 g/mol. The van der Waals surface area contributed by atoms with Crippen molar-refractivity contribution in [3.8, 4) is 5.75 Å². The average Bonchev–Trinajstić information content (AvgIpc) is 2.40. The number of para-hydroxylation sites is 1. The largest absolute Gasteiger partial charge is 0.542 e. The molecule has 3 nitrogen and oxygen atoms in total. The van der Waals surface area contributed by atoms with E-state index < -0.39 is 8.69 Å². The molecule has 4 heteroatoms. The fraction of sp³-hybridized carbons (Fsp3) is 0. The Balaban J connectivity index is 2.40. The first-order valence-corrected chi connectivity index (χ1v) is 5.87. The van der Waals surface area contributed by atoms with Crippen LogP contribution in [0, 0.1) is 0 Å². The molecular weight excluding hydrogens is 235 g/mol. The number of carbonyl (C=O) groups excluding carboxylic acids is 1. The summed E-state index contributed by atoms with van der Waals surface area (Å²) in [6.45, 7) is 0. The SMILES string of the molecule is O=[PH+]Oc1ccccc1C(=O)c1ccccc1. The zero-order valence-electron chi connectivity index (χ0n) is 8.92. The Kier molecular flexibility index (Phi) is 3.63. The van der Waals surface area contributed by atoms with E-state index in [2.05, 4.69) is 0 Å². The van der Waals surface area contributed by atoms with Crippen LogP contribution in [-0.4, -0.2) is 5.78 Å². The Morgan fingerprint density at radius 3 is 2.29 bits per heavy atom. The van der Waals surface area contributed by atoms with Crippen LogP contribution >= 0.6 is 8.69 Å². The molecule has 0 radical (unpaired) electrons. The molecule has 0 aromatic heterocycles. The molecule has 0 aliphatic carbocycles. The van der Waals surface area contributed by atoms with Crippen LogP contribution in [0.4, 0.5) is 0 Å². The maximum Gasteiger partial charge on any atom is 0.542 e. The molecular formula is C13H10O3P+. The Labute approximate surface area is 100 Å². The third kappa shape index (κ3) is 2.58. The van der Waals surface area contributed by atoms with Crippen molar-refractivity contribution in [2.24, 2.45) is 0 Å². The summed E-state index contributed by atoms with van der Waals surface area (Å²) in [5, 5.41) is 0. The summed E-state index contributed by atoms with van der Waals surface area (Å²) < 4.78 is 15.4. The van der Waals surface area contributed by atoms with E-state index in [4.69, 9.17) is 4.52 Å². The molecule has 0 amide bonds. The van der Waals surface area contributed by atoms with E-state index in [0.717, 1.165) is 0 Å². The van der Waals surface area contributed by atoms with Crippen molar-refractivity contribution in [3.05, 3.63) is 65.7 Å². The standard InChI is InChI=1S/C13H10O3P/c14-13(10-6-2-1-3-7-10)11-8-4-5-9-12(11)16-17-15/h1-9,17H/q+1. The molecule has 2 rings (SSSR count). The Morgan fingerprint density at radius 2 is 1.59 bits per heavy atom. The number of hydrogen-bond acceptors (Lipinski definition) is 3. The minimum atomic E-state index is -0.920. The van der Waals surface area contributed by atoms with Gasteiger partial charge in [-0.05, 0) is 16.7 Å². The van der Waals surface area contributed by atoms with Crippen LogP contribution in [0.5, 0.6) is 5.75 Å². The summed E-state index contributed by atoms with van der Waals surface area (Å²) >= 11 is 0. The first-order chi connectivity index (χ1) is 8.33. The molecule has 0 aliphatic rings. The molecule has 0 N–H and O–H groups in total. The second-order valence-corrected chi connectivity index (χ2v) is 3.75. The van der Waals surface area contributed by atoms with Gasteiger partial charge >= 0.3 is 8.69 Å². The highest BCUT2D eigenvalue weighted by atomic mass is 31.1. The number of hydrogen-bond donors (Lipinski definition) is 0. The van der Waals surface area contributed by atoms with E-state index in [1.54, 1.807) is 48.5 Å². The van der Waals surface area contributed by atoms with Gasteiger partial charge in [0.15, 0.2) is 11.5 Å². The molecule has 0 heterocycles. The highest BCUT2D eigenvalue weighted by Gasteiger charge is 2.15. The molecule has 17 heavy (non-hydrogen) atoms. The van der Waals surface area contributed by atoms with Gasteiger partial charge in [0.05, 0.1) is 5.56 Å². The number of benzene rings is 2. The Morgan fingerprint density at radius 1 is 0.941 bits per heavy atom. The summed E-state index contributed by atoms with van der Waals surface area (Å²) in [5.74, 6) is 0.203. The van der Waals surface area contributed by atoms with Crippen molar-refractivity contribution >= 4 is 14.5 Å². The van der Waals surface area contributed by atoms with Crippen LogP contribution in [0.25, 0.3) is 0 Å². The van der Waals surface area contributed by atoms with Gasteiger partial charge in [-0.1, -0.05) is 42.5 Å². The van der Waals surface area contributed by atoms with Crippen molar-refractivity contribution in [3.63, 3.8) is 0 Å². The van der Waals surface area contributed by atoms with Gasteiger partial charge in [0.2, 0.25) is 0 Å². The summed E-state index contributed by atoms with van der Waals surface area (Å²) in [4.78, 5) is 12.2. The molecule has 0 spiro atoms. The van der Waals surface area contributed by atoms with E-state index in [1.165, 1.54) is 0 Å². The molecule has 2 aromatic rings. The molecule has 1 unspecified atom stereocenters. The lowest BCUT2D eigenvalue weighted by molar-refractivity contribution is 0.103. The Bertz CT molecular complexity index is 537. The van der Waals surface area contributed by atoms with Crippen molar-refractivity contribution in [1.29, 1.82) is 0 Å². The molecule has 0 saturated carbocycles. The topological polar surface area (TPSA) is 43.4 Å². The highest BCUT2D eigenvalue weighted by molar-refractivity contribution is 7.17. The van der Waals surface area contributed by atoms with Crippen molar-refractivity contribution in [1.82, 2.24) is 0 Å². The number of ketones is 1. The van der Waals surface area contributed by atoms with Crippen LogP contribution < -0.4 is 4.52 Å². The van der Waals surface area contributed by atoms with E-state index in [-0.39, 0.29) is 5.78 Å². The molecule has 0 bridgehead atoms. The van der Waals surface area contributed by atoms with Gasteiger partial charge in [-0.25, -0.2) is 0 Å². The van der Waals surface area contributed by atoms with Crippen LogP contribution in [-0.2, 0) is 4.57 Å². The number of rotatable bonds is 4. The van der Waals surface area contributed by atoms with Crippen molar-refractivity contribution < 1.29 is 13.9 Å². The second-order valence-electron chi connectivity index (χ2n) is 3.38. The minimum absolute atomic E-state index is 0.139. The predicted octanol–water partition coefficient (Wildman–Crippen LogP) is 3.24. The van der Waals surface area contributed by atoms with Crippen LogP contribution in [0.15, 0.2) is 54.6 Å². The molecule has 0 aliphatic heterocycles. The third-order valence-electron chi connectivity index (χ3n) is 2.32. The molecule has 0 fully saturated rings. The van der Waals surface area contributed by atoms with Gasteiger partial charge < -0.3 is 0 Å². The quantitative estimate of drug-likeness (QED) is 0.613. The van der Waals surface area contributed by atoms with E-state index >= 15 is 0 Å². The van der Waals surface area contributed by atoms with Crippen molar-refractivity contribution in [2.75, 3.05) is 0 Å². The second kappa shape index (κ2) is 5.37. The molecule has 2 aromatic carbocycles. The first-order valence-electron chi connectivity index (χ1n) is 5.05. The lowest BCUT2D eigenvalue weighted by atomic mass is 10.0. The van der Waals surface area contributed by atoms with E-state index in [0.29, 0.717) is 16.9 Å². The maximum atomic E-state index is 12.2. The van der Waals surface area contributed by atoms with Crippen molar-refractivity contribution in [2.45, 2.75) is 0 Å². The zero-order valence-corrected chi connectivity index (χ0v) is 9.92. The zero-order chi connectivity index (χ0) is 12.1. The Hall–Kier alpha value is -1.99. The maximum absolute atomic E-state index is 12.2. The summed E-state index contributed by atoms with van der Waals surface area (Å²) in [6, 6.07) is 15.7. The highest BCUT2D eigenvalue weighted by Crippen LogP contribution is 2.23. The third-order valence-corrected chi connectivity index (χ3v) is 2.62. The van der Waals surface area contributed by atoms with Gasteiger partial charge in [-0.2, -0.15) is 0 Å². The minimum Gasteiger partial charge on any atom is -0.288 e. The van der Waals surface area contributed by atoms with Gasteiger partial charge in [-0.3, -0.25) is 9.32 Å². The normalized spacial score (nSPS) is 10.1. The van der Waals surface area contributed by atoms with E-state index in [1.807, 2.05) is 6.07 Å². The smallest absolute Gasteiger partial charge is 0.288 e. The van der Waals surface area contributed by atoms with Crippen LogP contribution in [0.3, 0.4) is 0 Å². The molecule has 0 saturated heterocycles. The fourth-order valence-electron chi connectivity index (χ4n) is 1.53.